The first kappa shape index (κ1) is 18.1. The van der Waals surface area contributed by atoms with E-state index in [2.05, 4.69) is 23.8 Å². The fourth-order valence-corrected chi connectivity index (χ4v) is 2.83. The van der Waals surface area contributed by atoms with E-state index in [1.807, 2.05) is 0 Å². The lowest BCUT2D eigenvalue weighted by Gasteiger charge is -2.06. The second kappa shape index (κ2) is 11.7. The molecule has 0 saturated heterocycles. The van der Waals surface area contributed by atoms with Crippen LogP contribution >= 0.6 is 11.8 Å². The molecule has 0 amide bonds. The average Bonchev–Trinajstić information content (AvgIpc) is 2.46. The molecule has 0 unspecified atom stereocenters. The Hall–Kier alpha value is -0.970. The molecule has 0 saturated carbocycles. The monoisotopic (exact) mass is 312 g/mol. The van der Waals surface area contributed by atoms with Crippen LogP contribution in [0.1, 0.15) is 65.2 Å². The number of hydrogen-bond acceptors (Lipinski definition) is 4. The van der Waals surface area contributed by atoms with Crippen LogP contribution in [-0.4, -0.2) is 22.3 Å². The van der Waals surface area contributed by atoms with E-state index in [-0.39, 0.29) is 5.56 Å². The lowest BCUT2D eigenvalue weighted by atomic mass is 10.2. The normalized spacial score (nSPS) is 10.8. The van der Waals surface area contributed by atoms with Crippen molar-refractivity contribution >= 4 is 11.8 Å². The molecule has 0 aromatic carbocycles. The van der Waals surface area contributed by atoms with Crippen LogP contribution in [0.25, 0.3) is 0 Å². The third kappa shape index (κ3) is 8.81. The molecule has 4 nitrogen and oxygen atoms in total. The lowest BCUT2D eigenvalue weighted by molar-refractivity contribution is 0.290. The van der Waals surface area contributed by atoms with Crippen molar-refractivity contribution in [3.8, 4) is 5.88 Å². The molecule has 0 aliphatic heterocycles. The highest BCUT2D eigenvalue weighted by molar-refractivity contribution is 7.99. The maximum Gasteiger partial charge on any atom is 0.255 e. The first-order valence-corrected chi connectivity index (χ1v) is 9.11. The zero-order chi connectivity index (χ0) is 15.3. The fourth-order valence-electron chi connectivity index (χ4n) is 1.96. The summed E-state index contributed by atoms with van der Waals surface area (Å²) in [6.07, 6.45) is 9.52. The van der Waals surface area contributed by atoms with Crippen LogP contribution in [0, 0.1) is 0 Å². The first-order chi connectivity index (χ1) is 10.3. The van der Waals surface area contributed by atoms with E-state index in [1.54, 1.807) is 11.8 Å². The lowest BCUT2D eigenvalue weighted by Crippen LogP contribution is -2.10. The predicted octanol–water partition coefficient (Wildman–Crippen LogP) is 4.40. The van der Waals surface area contributed by atoms with Crippen LogP contribution in [0.5, 0.6) is 5.88 Å². The summed E-state index contributed by atoms with van der Waals surface area (Å²) >= 11 is 1.60. The standard InChI is InChI=1S/C16H28N2O2S/c1-3-5-7-9-11-20-15-13-14(19)17-16(18-15)21-12-10-8-6-4-2/h13H,3-12H2,1-2H3,(H,17,18,19). The summed E-state index contributed by atoms with van der Waals surface area (Å²) in [6.45, 7) is 5.02. The van der Waals surface area contributed by atoms with E-state index in [9.17, 15) is 4.79 Å². The summed E-state index contributed by atoms with van der Waals surface area (Å²) < 4.78 is 5.57. The van der Waals surface area contributed by atoms with Crippen LogP contribution in [-0.2, 0) is 0 Å². The van der Waals surface area contributed by atoms with Crippen molar-refractivity contribution in [3.05, 3.63) is 16.4 Å². The first-order valence-electron chi connectivity index (χ1n) is 8.13. The molecule has 0 aliphatic carbocycles. The van der Waals surface area contributed by atoms with Crippen LogP contribution < -0.4 is 10.3 Å². The van der Waals surface area contributed by atoms with E-state index >= 15 is 0 Å². The van der Waals surface area contributed by atoms with Crippen molar-refractivity contribution < 1.29 is 4.74 Å². The number of rotatable bonds is 12. The summed E-state index contributed by atoms with van der Waals surface area (Å²) in [6, 6.07) is 1.43. The van der Waals surface area contributed by atoms with Gasteiger partial charge >= 0.3 is 0 Å². The number of aromatic nitrogens is 2. The van der Waals surface area contributed by atoms with Crippen molar-refractivity contribution in [1.29, 1.82) is 0 Å². The molecule has 1 heterocycles. The van der Waals surface area contributed by atoms with Gasteiger partial charge in [0, 0.05) is 5.75 Å². The Balaban J connectivity index is 2.34. The summed E-state index contributed by atoms with van der Waals surface area (Å²) in [5.41, 5.74) is -0.135. The Kier molecular flexibility index (Phi) is 10.0. The van der Waals surface area contributed by atoms with Gasteiger partial charge in [-0.05, 0) is 12.8 Å². The molecule has 1 rings (SSSR count). The Morgan fingerprint density at radius 3 is 2.52 bits per heavy atom. The third-order valence-corrected chi connectivity index (χ3v) is 4.14. The highest BCUT2D eigenvalue weighted by Gasteiger charge is 2.03. The number of aromatic amines is 1. The Morgan fingerprint density at radius 2 is 1.81 bits per heavy atom. The summed E-state index contributed by atoms with van der Waals surface area (Å²) in [5.74, 6) is 1.44. The summed E-state index contributed by atoms with van der Waals surface area (Å²) in [7, 11) is 0. The van der Waals surface area contributed by atoms with Crippen molar-refractivity contribution in [1.82, 2.24) is 9.97 Å². The van der Waals surface area contributed by atoms with Gasteiger partial charge in [0.15, 0.2) is 5.16 Å². The van der Waals surface area contributed by atoms with Gasteiger partial charge in [-0.1, -0.05) is 64.1 Å². The second-order valence-corrected chi connectivity index (χ2v) is 6.29. The van der Waals surface area contributed by atoms with Gasteiger partial charge in [-0.2, -0.15) is 4.98 Å². The summed E-state index contributed by atoms with van der Waals surface area (Å²) in [4.78, 5) is 18.7. The molecule has 0 bridgehead atoms. The highest BCUT2D eigenvalue weighted by Crippen LogP contribution is 2.16. The molecule has 1 N–H and O–H groups in total. The molecule has 1 aromatic heterocycles. The molecule has 0 fully saturated rings. The predicted molar refractivity (Wildman–Crippen MR) is 89.4 cm³/mol. The van der Waals surface area contributed by atoms with Gasteiger partial charge in [0.1, 0.15) is 0 Å². The van der Waals surface area contributed by atoms with E-state index in [0.717, 1.165) is 18.6 Å². The Bertz CT molecular complexity index is 399. The van der Waals surface area contributed by atoms with Gasteiger partial charge in [0.2, 0.25) is 5.88 Å². The number of nitrogens with zero attached hydrogens (tertiary/aromatic N) is 1. The zero-order valence-electron chi connectivity index (χ0n) is 13.3. The molecule has 0 aliphatic rings. The molecular formula is C16H28N2O2S. The van der Waals surface area contributed by atoms with Crippen LogP contribution in [0.15, 0.2) is 16.0 Å². The minimum absolute atomic E-state index is 0.135. The minimum Gasteiger partial charge on any atom is -0.477 e. The van der Waals surface area contributed by atoms with Gasteiger partial charge in [-0.15, -0.1) is 0 Å². The molecular weight excluding hydrogens is 284 g/mol. The van der Waals surface area contributed by atoms with Crippen LogP contribution in [0.3, 0.4) is 0 Å². The van der Waals surface area contributed by atoms with Crippen molar-refractivity contribution in [3.63, 3.8) is 0 Å². The minimum atomic E-state index is -0.135. The number of nitrogens with one attached hydrogen (secondary N) is 1. The van der Waals surface area contributed by atoms with Gasteiger partial charge in [-0.25, -0.2) is 0 Å². The maximum atomic E-state index is 11.6. The van der Waals surface area contributed by atoms with Crippen LogP contribution in [0.4, 0.5) is 0 Å². The smallest absolute Gasteiger partial charge is 0.255 e. The molecule has 0 atom stereocenters. The Labute approximate surface area is 132 Å². The van der Waals surface area contributed by atoms with Crippen molar-refractivity contribution in [2.75, 3.05) is 12.4 Å². The Morgan fingerprint density at radius 1 is 1.10 bits per heavy atom. The average molecular weight is 312 g/mol. The van der Waals surface area contributed by atoms with Gasteiger partial charge in [-0.3, -0.25) is 4.79 Å². The number of unbranched alkanes of at least 4 members (excludes halogenated alkanes) is 6. The van der Waals surface area contributed by atoms with Gasteiger partial charge in [0.25, 0.3) is 5.56 Å². The highest BCUT2D eigenvalue weighted by atomic mass is 32.2. The fraction of sp³-hybridized carbons (Fsp3) is 0.750. The topological polar surface area (TPSA) is 55.0 Å². The molecule has 1 aromatic rings. The molecule has 5 heteroatoms. The number of ether oxygens (including phenoxy) is 1. The molecule has 21 heavy (non-hydrogen) atoms. The third-order valence-electron chi connectivity index (χ3n) is 3.18. The van der Waals surface area contributed by atoms with Crippen molar-refractivity contribution in [2.45, 2.75) is 70.4 Å². The zero-order valence-corrected chi connectivity index (χ0v) is 14.1. The van der Waals surface area contributed by atoms with Crippen molar-refractivity contribution in [2.24, 2.45) is 0 Å². The van der Waals surface area contributed by atoms with E-state index in [4.69, 9.17) is 4.74 Å². The second-order valence-electron chi connectivity index (χ2n) is 5.21. The molecule has 0 spiro atoms. The van der Waals surface area contributed by atoms with Gasteiger partial charge in [0.05, 0.1) is 12.7 Å². The largest absolute Gasteiger partial charge is 0.477 e. The number of thioether (sulfide) groups is 1. The van der Waals surface area contributed by atoms with E-state index < -0.39 is 0 Å². The SMILES string of the molecule is CCCCCCOc1cc(=O)[nH]c(SCCCCCC)n1. The van der Waals surface area contributed by atoms with Crippen LogP contribution in [0.2, 0.25) is 0 Å². The maximum absolute atomic E-state index is 11.6. The molecule has 120 valence electrons. The van der Waals surface area contributed by atoms with E-state index in [1.165, 1.54) is 44.6 Å². The number of H-pyrrole nitrogens is 1. The number of hydrogen-bond donors (Lipinski definition) is 1. The van der Waals surface area contributed by atoms with Gasteiger partial charge < -0.3 is 9.72 Å². The summed E-state index contributed by atoms with van der Waals surface area (Å²) in [5, 5.41) is 0.669. The molecule has 0 radical (unpaired) electrons. The van der Waals surface area contributed by atoms with E-state index in [0.29, 0.717) is 17.6 Å². The quantitative estimate of drug-likeness (QED) is 0.353.